The third kappa shape index (κ3) is 2.14. The van der Waals surface area contributed by atoms with Crippen molar-refractivity contribution in [3.05, 3.63) is 24.0 Å². The fraction of sp³-hybridized carbons (Fsp3) is 0.111. The molecule has 0 radical (unpaired) electrons. The minimum absolute atomic E-state index is 0.173. The molecule has 2 aromatic rings. The molecular formula is C9H5F3N2O3. The van der Waals surface area contributed by atoms with E-state index in [2.05, 4.69) is 14.7 Å². The summed E-state index contributed by atoms with van der Waals surface area (Å²) < 4.78 is 41.0. The number of phenols is 2. The summed E-state index contributed by atoms with van der Waals surface area (Å²) in [6.45, 7) is 0. The van der Waals surface area contributed by atoms with Crippen molar-refractivity contribution in [3.8, 4) is 23.0 Å². The van der Waals surface area contributed by atoms with Gasteiger partial charge in [0.15, 0.2) is 0 Å². The number of alkyl halides is 3. The summed E-state index contributed by atoms with van der Waals surface area (Å²) in [4.78, 5) is 3.08. The van der Waals surface area contributed by atoms with Crippen LogP contribution in [0.25, 0.3) is 11.5 Å². The first-order valence-corrected chi connectivity index (χ1v) is 4.31. The topological polar surface area (TPSA) is 79.4 Å². The number of aromatic nitrogens is 2. The van der Waals surface area contributed by atoms with E-state index in [1.807, 2.05) is 0 Å². The zero-order chi connectivity index (χ0) is 12.6. The van der Waals surface area contributed by atoms with Gasteiger partial charge in [0.2, 0.25) is 0 Å². The largest absolute Gasteiger partial charge is 0.508 e. The van der Waals surface area contributed by atoms with Crippen LogP contribution < -0.4 is 0 Å². The van der Waals surface area contributed by atoms with Gasteiger partial charge in [0.05, 0.1) is 5.56 Å². The molecule has 0 saturated carbocycles. The predicted molar refractivity (Wildman–Crippen MR) is 48.1 cm³/mol. The van der Waals surface area contributed by atoms with Crippen LogP contribution in [0, 0.1) is 0 Å². The molecular weight excluding hydrogens is 241 g/mol. The normalized spacial score (nSPS) is 11.7. The molecule has 0 aliphatic heterocycles. The van der Waals surface area contributed by atoms with Crippen molar-refractivity contribution in [2.24, 2.45) is 0 Å². The highest BCUT2D eigenvalue weighted by Crippen LogP contribution is 2.33. The lowest BCUT2D eigenvalue weighted by Crippen LogP contribution is -2.07. The fourth-order valence-electron chi connectivity index (χ4n) is 1.14. The van der Waals surface area contributed by atoms with E-state index in [4.69, 9.17) is 5.11 Å². The van der Waals surface area contributed by atoms with Gasteiger partial charge in [-0.2, -0.15) is 18.2 Å². The second-order valence-corrected chi connectivity index (χ2v) is 3.12. The standard InChI is InChI=1S/C9H5F3N2O3/c10-9(11,12)8-13-7(17-14-8)5-3-4(15)1-2-6(5)16/h1-3,15-16H. The highest BCUT2D eigenvalue weighted by Gasteiger charge is 2.37. The van der Waals surface area contributed by atoms with Gasteiger partial charge in [0, 0.05) is 0 Å². The number of phenolic OH excluding ortho intramolecular Hbond substituents is 2. The lowest BCUT2D eigenvalue weighted by molar-refractivity contribution is -0.146. The molecule has 2 N–H and O–H groups in total. The molecule has 8 heteroatoms. The van der Waals surface area contributed by atoms with Crippen LogP contribution in [0.15, 0.2) is 22.7 Å². The third-order valence-corrected chi connectivity index (χ3v) is 1.89. The number of hydrogen-bond acceptors (Lipinski definition) is 5. The molecule has 2 rings (SSSR count). The molecule has 0 fully saturated rings. The highest BCUT2D eigenvalue weighted by molar-refractivity contribution is 5.64. The van der Waals surface area contributed by atoms with Gasteiger partial charge in [0.1, 0.15) is 11.5 Å². The Hall–Kier alpha value is -2.25. The fourth-order valence-corrected chi connectivity index (χ4v) is 1.14. The van der Waals surface area contributed by atoms with Crippen molar-refractivity contribution >= 4 is 0 Å². The number of rotatable bonds is 1. The van der Waals surface area contributed by atoms with Gasteiger partial charge < -0.3 is 14.7 Å². The predicted octanol–water partition coefficient (Wildman–Crippen LogP) is 2.17. The van der Waals surface area contributed by atoms with E-state index < -0.39 is 17.9 Å². The first-order chi connectivity index (χ1) is 7.88. The maximum absolute atomic E-state index is 12.2. The van der Waals surface area contributed by atoms with E-state index in [0.29, 0.717) is 0 Å². The SMILES string of the molecule is Oc1ccc(O)c(-c2nc(C(F)(F)F)no2)c1. The smallest absolute Gasteiger partial charge is 0.455 e. The molecule has 0 amide bonds. The molecule has 5 nitrogen and oxygen atoms in total. The van der Waals surface area contributed by atoms with Crippen LogP contribution >= 0.6 is 0 Å². The Balaban J connectivity index is 2.47. The summed E-state index contributed by atoms with van der Waals surface area (Å²) >= 11 is 0. The van der Waals surface area contributed by atoms with Gasteiger partial charge in [-0.25, -0.2) is 0 Å². The Morgan fingerprint density at radius 1 is 1.18 bits per heavy atom. The van der Waals surface area contributed by atoms with Gasteiger partial charge in [-0.05, 0) is 18.2 Å². The van der Waals surface area contributed by atoms with Crippen LogP contribution in [0.4, 0.5) is 13.2 Å². The zero-order valence-corrected chi connectivity index (χ0v) is 8.06. The van der Waals surface area contributed by atoms with Crippen molar-refractivity contribution in [1.82, 2.24) is 10.1 Å². The van der Waals surface area contributed by atoms with Gasteiger partial charge in [-0.15, -0.1) is 0 Å². The Morgan fingerprint density at radius 3 is 2.47 bits per heavy atom. The van der Waals surface area contributed by atoms with E-state index in [-0.39, 0.29) is 17.1 Å². The van der Waals surface area contributed by atoms with Crippen molar-refractivity contribution in [2.75, 3.05) is 0 Å². The quantitative estimate of drug-likeness (QED) is 0.754. The first-order valence-electron chi connectivity index (χ1n) is 4.31. The number of benzene rings is 1. The summed E-state index contributed by atoms with van der Waals surface area (Å²) in [5.74, 6) is -2.59. The Morgan fingerprint density at radius 2 is 1.88 bits per heavy atom. The van der Waals surface area contributed by atoms with Gasteiger partial charge in [0.25, 0.3) is 11.7 Å². The van der Waals surface area contributed by atoms with E-state index in [1.165, 1.54) is 6.07 Å². The number of hydrogen-bond donors (Lipinski definition) is 2. The van der Waals surface area contributed by atoms with Crippen LogP contribution in [0.3, 0.4) is 0 Å². The Kier molecular flexibility index (Phi) is 2.41. The molecule has 90 valence electrons. The second-order valence-electron chi connectivity index (χ2n) is 3.12. The summed E-state index contributed by atoms with van der Waals surface area (Å²) in [5.41, 5.74) is -0.173. The molecule has 0 unspecified atom stereocenters. The van der Waals surface area contributed by atoms with Crippen LogP contribution in [0.2, 0.25) is 0 Å². The van der Waals surface area contributed by atoms with E-state index in [0.717, 1.165) is 12.1 Å². The summed E-state index contributed by atoms with van der Waals surface area (Å²) in [7, 11) is 0. The van der Waals surface area contributed by atoms with Gasteiger partial charge in [-0.3, -0.25) is 0 Å². The number of aromatic hydroxyl groups is 2. The van der Waals surface area contributed by atoms with Crippen molar-refractivity contribution < 1.29 is 27.9 Å². The Labute approximate surface area is 92.1 Å². The van der Waals surface area contributed by atoms with Gasteiger partial charge in [-0.1, -0.05) is 5.16 Å². The summed E-state index contributed by atoms with van der Waals surface area (Å²) in [6, 6.07) is 3.28. The molecule has 0 atom stereocenters. The highest BCUT2D eigenvalue weighted by atomic mass is 19.4. The third-order valence-electron chi connectivity index (χ3n) is 1.89. The minimum Gasteiger partial charge on any atom is -0.508 e. The van der Waals surface area contributed by atoms with Crippen molar-refractivity contribution in [2.45, 2.75) is 6.18 Å². The molecule has 0 saturated heterocycles. The number of nitrogens with zero attached hydrogens (tertiary/aromatic N) is 2. The van der Waals surface area contributed by atoms with Crippen LogP contribution in [-0.4, -0.2) is 20.4 Å². The average Bonchev–Trinajstić information content (AvgIpc) is 2.70. The lowest BCUT2D eigenvalue weighted by Gasteiger charge is -1.99. The molecule has 17 heavy (non-hydrogen) atoms. The van der Waals surface area contributed by atoms with E-state index >= 15 is 0 Å². The van der Waals surface area contributed by atoms with Crippen LogP contribution in [0.5, 0.6) is 11.5 Å². The molecule has 1 aromatic heterocycles. The molecule has 0 spiro atoms. The second kappa shape index (κ2) is 3.65. The maximum Gasteiger partial charge on any atom is 0.455 e. The minimum atomic E-state index is -4.73. The van der Waals surface area contributed by atoms with Crippen molar-refractivity contribution in [3.63, 3.8) is 0 Å². The van der Waals surface area contributed by atoms with Crippen LogP contribution in [0.1, 0.15) is 5.82 Å². The van der Waals surface area contributed by atoms with Crippen molar-refractivity contribution in [1.29, 1.82) is 0 Å². The average molecular weight is 246 g/mol. The van der Waals surface area contributed by atoms with Crippen LogP contribution in [-0.2, 0) is 6.18 Å². The summed E-state index contributed by atoms with van der Waals surface area (Å²) in [6.07, 6.45) is -4.73. The number of halogens is 3. The zero-order valence-electron chi connectivity index (χ0n) is 8.06. The van der Waals surface area contributed by atoms with E-state index in [9.17, 15) is 18.3 Å². The monoisotopic (exact) mass is 246 g/mol. The van der Waals surface area contributed by atoms with E-state index in [1.54, 1.807) is 0 Å². The molecule has 0 aliphatic carbocycles. The Bertz CT molecular complexity index is 551. The molecule has 1 heterocycles. The molecule has 0 bridgehead atoms. The molecule has 0 aliphatic rings. The molecule has 1 aromatic carbocycles. The maximum atomic E-state index is 12.2. The summed E-state index contributed by atoms with van der Waals surface area (Å²) in [5, 5.41) is 21.3. The lowest BCUT2D eigenvalue weighted by atomic mass is 10.2. The first kappa shape index (κ1) is 11.2. The van der Waals surface area contributed by atoms with Gasteiger partial charge >= 0.3 is 6.18 Å².